The number of carbonyl (C=O) groups excluding carboxylic acids is 1. The number of thiocarbonyl (C=S) groups is 2. The summed E-state index contributed by atoms with van der Waals surface area (Å²) >= 11 is 9.56. The highest BCUT2D eigenvalue weighted by Crippen LogP contribution is 2.17. The van der Waals surface area contributed by atoms with Crippen molar-refractivity contribution in [2.75, 3.05) is 0 Å². The first kappa shape index (κ1) is 15.8. The summed E-state index contributed by atoms with van der Waals surface area (Å²) in [6, 6.07) is 14.8. The SMILES string of the molecule is N#C/C(=C\NC(=S)C(N)=S)C(=O)c1ccc2ccccc2c1. The quantitative estimate of drug-likeness (QED) is 0.391. The van der Waals surface area contributed by atoms with Gasteiger partial charge in [0.05, 0.1) is 0 Å². The number of nitrogens with one attached hydrogen (secondary N) is 1. The largest absolute Gasteiger partial charge is 0.388 e. The molecule has 3 N–H and O–H groups in total. The van der Waals surface area contributed by atoms with Gasteiger partial charge < -0.3 is 11.1 Å². The fourth-order valence-electron chi connectivity index (χ4n) is 1.84. The third-order valence-electron chi connectivity index (χ3n) is 2.95. The minimum absolute atomic E-state index is 0.00157. The number of nitrogens with two attached hydrogens (primary N) is 1. The van der Waals surface area contributed by atoms with E-state index < -0.39 is 5.78 Å². The fraction of sp³-hybridized carbons (Fsp3) is 0. The van der Waals surface area contributed by atoms with Crippen molar-refractivity contribution in [3.8, 4) is 6.07 Å². The Hall–Kier alpha value is -2.62. The van der Waals surface area contributed by atoms with E-state index in [2.05, 4.69) is 5.32 Å². The molecule has 0 aromatic heterocycles. The maximum absolute atomic E-state index is 12.4. The van der Waals surface area contributed by atoms with E-state index >= 15 is 0 Å². The summed E-state index contributed by atoms with van der Waals surface area (Å²) in [4.78, 5) is 12.5. The molecule has 0 aliphatic rings. The summed E-state index contributed by atoms with van der Waals surface area (Å²) in [7, 11) is 0. The topological polar surface area (TPSA) is 78.9 Å². The summed E-state index contributed by atoms with van der Waals surface area (Å²) in [5, 5.41) is 13.7. The number of hydrogen-bond acceptors (Lipinski definition) is 4. The molecule has 0 saturated heterocycles. The van der Waals surface area contributed by atoms with Crippen LogP contribution in [0.4, 0.5) is 0 Å². The van der Waals surface area contributed by atoms with Crippen LogP contribution >= 0.6 is 24.4 Å². The Balaban J connectivity index is 2.30. The zero-order valence-corrected chi connectivity index (χ0v) is 13.0. The molecule has 0 aliphatic carbocycles. The standard InChI is InChI=1S/C16H11N3OS2/c17-8-13(9-19-16(22)15(18)21)14(20)12-6-5-10-3-1-2-4-11(10)7-12/h1-7,9H,(H2,18,21)(H,19,22)/b13-9+. The Morgan fingerprint density at radius 2 is 1.86 bits per heavy atom. The van der Waals surface area contributed by atoms with Crippen LogP contribution in [0.2, 0.25) is 0 Å². The number of nitrogens with zero attached hydrogens (tertiary/aromatic N) is 1. The molecule has 0 heterocycles. The van der Waals surface area contributed by atoms with Gasteiger partial charge in [0.2, 0.25) is 5.78 Å². The van der Waals surface area contributed by atoms with E-state index in [1.807, 2.05) is 36.4 Å². The van der Waals surface area contributed by atoms with Gasteiger partial charge in [-0.05, 0) is 16.8 Å². The van der Waals surface area contributed by atoms with Crippen molar-refractivity contribution < 1.29 is 4.79 Å². The van der Waals surface area contributed by atoms with E-state index in [0.717, 1.165) is 10.8 Å². The van der Waals surface area contributed by atoms with Gasteiger partial charge in [-0.25, -0.2) is 0 Å². The van der Waals surface area contributed by atoms with E-state index in [9.17, 15) is 4.79 Å². The molecule has 0 bridgehead atoms. The third-order valence-corrected chi connectivity index (χ3v) is 3.62. The second-order valence-electron chi connectivity index (χ2n) is 4.40. The maximum atomic E-state index is 12.4. The van der Waals surface area contributed by atoms with Crippen molar-refractivity contribution in [2.24, 2.45) is 5.73 Å². The minimum atomic E-state index is -0.397. The van der Waals surface area contributed by atoms with Gasteiger partial charge in [0, 0.05) is 11.8 Å². The third kappa shape index (κ3) is 3.52. The van der Waals surface area contributed by atoms with Gasteiger partial charge in [-0.3, -0.25) is 4.79 Å². The van der Waals surface area contributed by atoms with Gasteiger partial charge in [-0.1, -0.05) is 60.8 Å². The molecule has 0 unspecified atom stereocenters. The number of ketones is 1. The van der Waals surface area contributed by atoms with Crippen LogP contribution in [0, 0.1) is 11.3 Å². The highest BCUT2D eigenvalue weighted by Gasteiger charge is 2.13. The van der Waals surface area contributed by atoms with E-state index in [1.165, 1.54) is 6.20 Å². The van der Waals surface area contributed by atoms with Crippen molar-refractivity contribution >= 4 is 51.0 Å². The second-order valence-corrected chi connectivity index (χ2v) is 5.25. The highest BCUT2D eigenvalue weighted by molar-refractivity contribution is 7.89. The van der Waals surface area contributed by atoms with E-state index in [0.29, 0.717) is 5.56 Å². The van der Waals surface area contributed by atoms with Gasteiger partial charge >= 0.3 is 0 Å². The monoisotopic (exact) mass is 325 g/mol. The highest BCUT2D eigenvalue weighted by atomic mass is 32.1. The molecule has 22 heavy (non-hydrogen) atoms. The number of hydrogen-bond donors (Lipinski definition) is 2. The molecular weight excluding hydrogens is 314 g/mol. The number of allylic oxidation sites excluding steroid dienone is 1. The summed E-state index contributed by atoms with van der Waals surface area (Å²) in [6.45, 7) is 0. The number of fused-ring (bicyclic) bond motifs is 1. The average Bonchev–Trinajstić information content (AvgIpc) is 2.54. The normalized spacial score (nSPS) is 10.8. The molecule has 2 aromatic carbocycles. The molecule has 2 aromatic rings. The summed E-state index contributed by atoms with van der Waals surface area (Å²) in [5.74, 6) is -0.397. The lowest BCUT2D eigenvalue weighted by molar-refractivity contribution is 0.103. The summed E-state index contributed by atoms with van der Waals surface area (Å²) < 4.78 is 0. The lowest BCUT2D eigenvalue weighted by atomic mass is 10.0. The van der Waals surface area contributed by atoms with Crippen LogP contribution in [0.25, 0.3) is 10.8 Å². The predicted molar refractivity (Wildman–Crippen MR) is 94.5 cm³/mol. The van der Waals surface area contributed by atoms with Gasteiger partial charge in [0.15, 0.2) is 0 Å². The number of benzene rings is 2. The van der Waals surface area contributed by atoms with Crippen LogP contribution in [-0.2, 0) is 0 Å². The zero-order chi connectivity index (χ0) is 16.1. The smallest absolute Gasteiger partial charge is 0.205 e. The molecule has 0 radical (unpaired) electrons. The van der Waals surface area contributed by atoms with Gasteiger partial charge in [-0.2, -0.15) is 5.26 Å². The Kier molecular flexibility index (Phi) is 4.94. The Bertz CT molecular complexity index is 850. The molecule has 4 nitrogen and oxygen atoms in total. The van der Waals surface area contributed by atoms with Crippen LogP contribution in [0.15, 0.2) is 54.2 Å². The number of carbonyl (C=O) groups is 1. The molecule has 0 saturated carbocycles. The van der Waals surface area contributed by atoms with Gasteiger partial charge in [0.1, 0.15) is 21.6 Å². The van der Waals surface area contributed by atoms with Gasteiger partial charge in [0.25, 0.3) is 0 Å². The Labute approximate surface area is 138 Å². The fourth-order valence-corrected chi connectivity index (χ4v) is 1.96. The first-order valence-electron chi connectivity index (χ1n) is 6.27. The summed E-state index contributed by atoms with van der Waals surface area (Å²) in [6.07, 6.45) is 1.22. The van der Waals surface area contributed by atoms with Crippen molar-refractivity contribution in [3.05, 3.63) is 59.8 Å². The Morgan fingerprint density at radius 3 is 2.50 bits per heavy atom. The molecular formula is C16H11N3OS2. The molecule has 0 aliphatic heterocycles. The van der Waals surface area contributed by atoms with Crippen LogP contribution in [0.1, 0.15) is 10.4 Å². The van der Waals surface area contributed by atoms with Crippen LogP contribution in [0.3, 0.4) is 0 Å². The molecule has 0 fully saturated rings. The van der Waals surface area contributed by atoms with Crippen LogP contribution in [-0.4, -0.2) is 15.8 Å². The van der Waals surface area contributed by atoms with Crippen molar-refractivity contribution in [1.82, 2.24) is 5.32 Å². The van der Waals surface area contributed by atoms with E-state index in [1.54, 1.807) is 12.1 Å². The molecule has 108 valence electrons. The van der Waals surface area contributed by atoms with Crippen molar-refractivity contribution in [1.29, 1.82) is 5.26 Å². The first-order chi connectivity index (χ1) is 10.5. The zero-order valence-electron chi connectivity index (χ0n) is 11.4. The van der Waals surface area contributed by atoms with Crippen molar-refractivity contribution in [3.63, 3.8) is 0 Å². The van der Waals surface area contributed by atoms with E-state index in [4.69, 9.17) is 35.4 Å². The second kappa shape index (κ2) is 6.89. The number of nitriles is 1. The number of Topliss-reactive ketones (excluding diaryl/α,β-unsaturated/α-hetero) is 1. The molecule has 2 rings (SSSR count). The Morgan fingerprint density at radius 1 is 1.18 bits per heavy atom. The summed E-state index contributed by atoms with van der Waals surface area (Å²) in [5.41, 5.74) is 5.69. The lowest BCUT2D eigenvalue weighted by Gasteiger charge is -2.04. The minimum Gasteiger partial charge on any atom is -0.388 e. The van der Waals surface area contributed by atoms with Crippen molar-refractivity contribution in [2.45, 2.75) is 0 Å². The number of rotatable bonds is 3. The van der Waals surface area contributed by atoms with Crippen LogP contribution in [0.5, 0.6) is 0 Å². The average molecular weight is 325 g/mol. The molecule has 0 atom stereocenters. The van der Waals surface area contributed by atoms with Gasteiger partial charge in [-0.15, -0.1) is 0 Å². The lowest BCUT2D eigenvalue weighted by Crippen LogP contribution is -2.30. The maximum Gasteiger partial charge on any atom is 0.205 e. The van der Waals surface area contributed by atoms with Crippen LogP contribution < -0.4 is 11.1 Å². The molecule has 0 spiro atoms. The van der Waals surface area contributed by atoms with E-state index in [-0.39, 0.29) is 15.6 Å². The predicted octanol–water partition coefficient (Wildman–Crippen LogP) is 2.63. The molecule has 0 amide bonds. The molecule has 6 heteroatoms. The first-order valence-corrected chi connectivity index (χ1v) is 7.08.